The van der Waals surface area contributed by atoms with E-state index < -0.39 is 0 Å². The van der Waals surface area contributed by atoms with Gasteiger partial charge in [-0.25, -0.2) is 14.2 Å². The predicted octanol–water partition coefficient (Wildman–Crippen LogP) is 2.73. The first-order chi connectivity index (χ1) is 12.7. The quantitative estimate of drug-likeness (QED) is 0.884. The summed E-state index contributed by atoms with van der Waals surface area (Å²) in [5.74, 6) is 0.894. The summed E-state index contributed by atoms with van der Waals surface area (Å²) in [6.07, 6.45) is 2.53. The Morgan fingerprint density at radius 2 is 1.92 bits per heavy atom. The van der Waals surface area contributed by atoms with Gasteiger partial charge in [0.05, 0.1) is 25.1 Å². The first-order valence-electron chi connectivity index (χ1n) is 8.81. The Labute approximate surface area is 151 Å². The standard InChI is InChI=1S/C19H21FN4O2/c20-14-3-1-13(2-4-14)16-11-17(16)23-19(25)22-15-5-6-18(21-12-15)24-7-9-26-10-8-24/h1-6,12,16-17H,7-11H2,(H2,22,23,25)/t16-,17+/m0/s1. The minimum absolute atomic E-state index is 0.0843. The number of nitrogens with one attached hydrogen (secondary N) is 2. The Kier molecular flexibility index (Phi) is 4.71. The second kappa shape index (κ2) is 7.29. The lowest BCUT2D eigenvalue weighted by Crippen LogP contribution is -2.36. The molecule has 1 aliphatic carbocycles. The van der Waals surface area contributed by atoms with Gasteiger partial charge in [0.1, 0.15) is 11.6 Å². The van der Waals surface area contributed by atoms with Crippen LogP contribution in [0.5, 0.6) is 0 Å². The minimum atomic E-state index is -0.250. The van der Waals surface area contributed by atoms with Gasteiger partial charge in [-0.2, -0.15) is 0 Å². The van der Waals surface area contributed by atoms with Gasteiger partial charge in [-0.1, -0.05) is 12.1 Å². The summed E-state index contributed by atoms with van der Waals surface area (Å²) < 4.78 is 18.3. The van der Waals surface area contributed by atoms with Crippen LogP contribution < -0.4 is 15.5 Å². The lowest BCUT2D eigenvalue weighted by Gasteiger charge is -2.27. The summed E-state index contributed by atoms with van der Waals surface area (Å²) in [5.41, 5.74) is 1.70. The van der Waals surface area contributed by atoms with Crippen molar-refractivity contribution in [1.82, 2.24) is 10.3 Å². The van der Waals surface area contributed by atoms with Crippen LogP contribution in [0.4, 0.5) is 20.7 Å². The molecule has 4 rings (SSSR count). The van der Waals surface area contributed by atoms with Gasteiger partial charge < -0.3 is 20.3 Å². The van der Waals surface area contributed by atoms with E-state index in [2.05, 4.69) is 20.5 Å². The van der Waals surface area contributed by atoms with Gasteiger partial charge in [-0.3, -0.25) is 0 Å². The second-order valence-corrected chi connectivity index (χ2v) is 6.60. The molecule has 2 fully saturated rings. The zero-order valence-electron chi connectivity index (χ0n) is 14.3. The molecular formula is C19H21FN4O2. The van der Waals surface area contributed by atoms with Crippen LogP contribution in [-0.4, -0.2) is 43.4 Å². The van der Waals surface area contributed by atoms with Crippen LogP contribution in [0, 0.1) is 5.82 Å². The van der Waals surface area contributed by atoms with E-state index in [1.165, 1.54) is 12.1 Å². The summed E-state index contributed by atoms with van der Waals surface area (Å²) in [7, 11) is 0. The van der Waals surface area contributed by atoms with Crippen molar-refractivity contribution in [2.45, 2.75) is 18.4 Å². The van der Waals surface area contributed by atoms with Gasteiger partial charge >= 0.3 is 6.03 Å². The fourth-order valence-electron chi connectivity index (χ4n) is 3.21. The number of nitrogens with zero attached hydrogens (tertiary/aromatic N) is 2. The Morgan fingerprint density at radius 3 is 2.62 bits per heavy atom. The van der Waals surface area contributed by atoms with Crippen LogP contribution in [0.25, 0.3) is 0 Å². The highest BCUT2D eigenvalue weighted by atomic mass is 19.1. The number of hydrogen-bond acceptors (Lipinski definition) is 4. The van der Waals surface area contributed by atoms with Gasteiger partial charge in [-0.05, 0) is 36.2 Å². The van der Waals surface area contributed by atoms with Gasteiger partial charge in [0, 0.05) is 25.0 Å². The molecule has 1 aromatic carbocycles. The molecule has 0 spiro atoms. The lowest BCUT2D eigenvalue weighted by atomic mass is 10.1. The number of rotatable bonds is 4. The first-order valence-corrected chi connectivity index (χ1v) is 8.81. The van der Waals surface area contributed by atoms with Crippen molar-refractivity contribution in [3.63, 3.8) is 0 Å². The minimum Gasteiger partial charge on any atom is -0.378 e. The molecule has 2 aliphatic rings. The fraction of sp³-hybridized carbons (Fsp3) is 0.368. The summed E-state index contributed by atoms with van der Waals surface area (Å²) in [5, 5.41) is 5.75. The summed E-state index contributed by atoms with van der Waals surface area (Å²) >= 11 is 0. The molecule has 0 bridgehead atoms. The highest BCUT2D eigenvalue weighted by Crippen LogP contribution is 2.40. The van der Waals surface area contributed by atoms with E-state index in [1.54, 1.807) is 18.3 Å². The van der Waals surface area contributed by atoms with E-state index >= 15 is 0 Å². The fourth-order valence-corrected chi connectivity index (χ4v) is 3.21. The number of ether oxygens (including phenoxy) is 1. The third kappa shape index (κ3) is 3.94. The van der Waals surface area contributed by atoms with Crippen LogP contribution >= 0.6 is 0 Å². The number of morpholine rings is 1. The molecule has 0 unspecified atom stereocenters. The molecule has 1 aliphatic heterocycles. The smallest absolute Gasteiger partial charge is 0.319 e. The number of pyridine rings is 1. The van der Waals surface area contributed by atoms with Gasteiger partial charge in [0.15, 0.2) is 0 Å². The molecule has 2 amide bonds. The molecule has 7 heteroatoms. The Bertz CT molecular complexity index is 760. The number of halogens is 1. The molecule has 1 saturated heterocycles. The SMILES string of the molecule is O=C(Nc1ccc(N2CCOCC2)nc1)N[C@@H]1C[C@H]1c1ccc(F)cc1. The summed E-state index contributed by atoms with van der Waals surface area (Å²) in [4.78, 5) is 18.7. The van der Waals surface area contributed by atoms with Crippen LogP contribution in [0.15, 0.2) is 42.6 Å². The molecule has 2 atom stereocenters. The average molecular weight is 356 g/mol. The number of hydrogen-bond donors (Lipinski definition) is 2. The highest BCUT2D eigenvalue weighted by molar-refractivity contribution is 5.89. The molecular weight excluding hydrogens is 335 g/mol. The summed E-state index contributed by atoms with van der Waals surface area (Å²) in [6.45, 7) is 3.07. The van der Waals surface area contributed by atoms with E-state index in [9.17, 15) is 9.18 Å². The lowest BCUT2D eigenvalue weighted by molar-refractivity contribution is 0.122. The monoisotopic (exact) mass is 356 g/mol. The van der Waals surface area contributed by atoms with Crippen molar-refractivity contribution in [3.8, 4) is 0 Å². The van der Waals surface area contributed by atoms with Gasteiger partial charge in [0.25, 0.3) is 0 Å². The Hall–Kier alpha value is -2.67. The Balaban J connectivity index is 1.28. The van der Waals surface area contributed by atoms with E-state index in [1.807, 2.05) is 12.1 Å². The van der Waals surface area contributed by atoms with Crippen LogP contribution in [0.2, 0.25) is 0 Å². The number of amides is 2. The maximum absolute atomic E-state index is 13.0. The number of aromatic nitrogens is 1. The van der Waals surface area contributed by atoms with Crippen molar-refractivity contribution in [2.24, 2.45) is 0 Å². The zero-order chi connectivity index (χ0) is 17.9. The third-order valence-electron chi connectivity index (χ3n) is 4.75. The third-order valence-corrected chi connectivity index (χ3v) is 4.75. The number of carbonyl (C=O) groups excluding carboxylic acids is 1. The molecule has 1 aromatic heterocycles. The number of anilines is 2. The Morgan fingerprint density at radius 1 is 1.15 bits per heavy atom. The van der Waals surface area contributed by atoms with Crippen molar-refractivity contribution < 1.29 is 13.9 Å². The first kappa shape index (κ1) is 16.8. The number of urea groups is 1. The molecule has 2 heterocycles. The topological polar surface area (TPSA) is 66.5 Å². The van der Waals surface area contributed by atoms with E-state index in [4.69, 9.17) is 4.74 Å². The van der Waals surface area contributed by atoms with Crippen molar-refractivity contribution in [3.05, 3.63) is 54.0 Å². The molecule has 26 heavy (non-hydrogen) atoms. The molecule has 2 aromatic rings. The zero-order valence-corrected chi connectivity index (χ0v) is 14.3. The summed E-state index contributed by atoms with van der Waals surface area (Å²) in [6, 6.07) is 10.0. The van der Waals surface area contributed by atoms with E-state index in [-0.39, 0.29) is 23.8 Å². The van der Waals surface area contributed by atoms with Crippen molar-refractivity contribution in [1.29, 1.82) is 0 Å². The van der Waals surface area contributed by atoms with Crippen LogP contribution in [0.3, 0.4) is 0 Å². The molecule has 1 saturated carbocycles. The predicted molar refractivity (Wildman–Crippen MR) is 97.0 cm³/mol. The number of carbonyl (C=O) groups is 1. The molecule has 6 nitrogen and oxygen atoms in total. The second-order valence-electron chi connectivity index (χ2n) is 6.60. The van der Waals surface area contributed by atoms with Crippen LogP contribution in [-0.2, 0) is 4.74 Å². The normalized spacial score (nSPS) is 22.0. The van der Waals surface area contributed by atoms with E-state index in [0.29, 0.717) is 18.9 Å². The maximum atomic E-state index is 13.0. The maximum Gasteiger partial charge on any atom is 0.319 e. The van der Waals surface area contributed by atoms with Crippen molar-refractivity contribution >= 4 is 17.5 Å². The molecule has 0 radical (unpaired) electrons. The largest absolute Gasteiger partial charge is 0.378 e. The average Bonchev–Trinajstić information content (AvgIpc) is 3.42. The van der Waals surface area contributed by atoms with Crippen LogP contribution in [0.1, 0.15) is 17.9 Å². The van der Waals surface area contributed by atoms with Gasteiger partial charge in [0.2, 0.25) is 0 Å². The van der Waals surface area contributed by atoms with E-state index in [0.717, 1.165) is 30.9 Å². The molecule has 2 N–H and O–H groups in total. The highest BCUT2D eigenvalue weighted by Gasteiger charge is 2.39. The number of benzene rings is 1. The van der Waals surface area contributed by atoms with Gasteiger partial charge in [-0.15, -0.1) is 0 Å². The molecule has 136 valence electrons. The van der Waals surface area contributed by atoms with Crippen molar-refractivity contribution in [2.75, 3.05) is 36.5 Å².